The molecule has 0 atom stereocenters. The van der Waals surface area contributed by atoms with Crippen LogP contribution in [0.5, 0.6) is 5.75 Å². The number of hydrazone groups is 1. The fraction of sp³-hybridized carbons (Fsp3) is 0.0303. The van der Waals surface area contributed by atoms with Gasteiger partial charge in [-0.25, -0.2) is 4.39 Å². The number of benzene rings is 5. The lowest BCUT2D eigenvalue weighted by molar-refractivity contribution is -0.114. The third kappa shape index (κ3) is 4.58. The maximum absolute atomic E-state index is 13.8. The van der Waals surface area contributed by atoms with E-state index in [1.54, 1.807) is 6.07 Å². The Bertz CT molecular complexity index is 1690. The number of para-hydroxylation sites is 1. The molecule has 0 saturated carbocycles. The first kappa shape index (κ1) is 23.4. The van der Waals surface area contributed by atoms with E-state index >= 15 is 0 Å². The number of hydrogen-bond donors (Lipinski definition) is 0. The first-order chi connectivity index (χ1) is 18.7. The minimum Gasteiger partial charge on any atom is -0.488 e. The van der Waals surface area contributed by atoms with Gasteiger partial charge in [-0.3, -0.25) is 4.79 Å². The van der Waals surface area contributed by atoms with E-state index in [4.69, 9.17) is 9.84 Å². The lowest BCUT2D eigenvalue weighted by atomic mass is 9.97. The van der Waals surface area contributed by atoms with Crippen LogP contribution in [0.2, 0.25) is 0 Å². The van der Waals surface area contributed by atoms with E-state index in [9.17, 15) is 9.18 Å². The number of ether oxygens (including phenoxy) is 1. The molecule has 0 saturated heterocycles. The van der Waals surface area contributed by atoms with Crippen molar-refractivity contribution in [1.82, 2.24) is 0 Å². The number of halogens is 1. The minimum atomic E-state index is -0.312. The average molecular weight is 499 g/mol. The second-order valence-corrected chi connectivity index (χ2v) is 8.94. The van der Waals surface area contributed by atoms with E-state index in [0.29, 0.717) is 22.7 Å². The maximum atomic E-state index is 13.8. The molecule has 1 amide bonds. The Hall–Kier alpha value is -5.03. The smallest absolute Gasteiger partial charge is 0.281 e. The average Bonchev–Trinajstić information content (AvgIpc) is 3.29. The minimum absolute atomic E-state index is 0.190. The summed E-state index contributed by atoms with van der Waals surface area (Å²) in [5.41, 5.74) is 4.06. The van der Waals surface area contributed by atoms with Crippen molar-refractivity contribution in [1.29, 1.82) is 0 Å². The highest BCUT2D eigenvalue weighted by Crippen LogP contribution is 2.34. The van der Waals surface area contributed by atoms with Crippen LogP contribution >= 0.6 is 0 Å². The molecule has 1 aliphatic rings. The zero-order valence-corrected chi connectivity index (χ0v) is 20.4. The van der Waals surface area contributed by atoms with Crippen molar-refractivity contribution in [2.24, 2.45) is 5.10 Å². The van der Waals surface area contributed by atoms with Crippen molar-refractivity contribution in [2.45, 2.75) is 6.61 Å². The largest absolute Gasteiger partial charge is 0.488 e. The molecule has 38 heavy (non-hydrogen) atoms. The third-order valence-corrected chi connectivity index (χ3v) is 6.43. The summed E-state index contributed by atoms with van der Waals surface area (Å²) in [6, 6.07) is 37.2. The molecule has 0 radical (unpaired) electrons. The van der Waals surface area contributed by atoms with E-state index < -0.39 is 0 Å². The second-order valence-electron chi connectivity index (χ2n) is 8.94. The van der Waals surface area contributed by atoms with Crippen LogP contribution in [0.25, 0.3) is 16.8 Å². The second kappa shape index (κ2) is 10.1. The summed E-state index contributed by atoms with van der Waals surface area (Å²) < 4.78 is 20.0. The number of fused-ring (bicyclic) bond motifs is 1. The number of nitrogens with zero attached hydrogens (tertiary/aromatic N) is 2. The summed E-state index contributed by atoms with van der Waals surface area (Å²) in [6.07, 6.45) is 1.86. The molecule has 4 nitrogen and oxygen atoms in total. The predicted octanol–water partition coefficient (Wildman–Crippen LogP) is 7.39. The summed E-state index contributed by atoms with van der Waals surface area (Å²) in [5.74, 6) is 0.0612. The van der Waals surface area contributed by atoms with Gasteiger partial charge in [0, 0.05) is 11.1 Å². The highest BCUT2D eigenvalue weighted by molar-refractivity contribution is 6.37. The van der Waals surface area contributed by atoms with Crippen molar-refractivity contribution >= 4 is 34.2 Å². The van der Waals surface area contributed by atoms with Crippen LogP contribution in [-0.4, -0.2) is 11.6 Å². The van der Waals surface area contributed by atoms with Gasteiger partial charge in [-0.05, 0) is 52.7 Å². The van der Waals surface area contributed by atoms with Crippen LogP contribution in [-0.2, 0) is 11.4 Å². The fourth-order valence-electron chi connectivity index (χ4n) is 4.58. The SMILES string of the molecule is O=C1/C(=C\c2c(OCc3cccc(F)c3)ccc3ccccc23)C(c2ccccc2)=NN1c1ccccc1. The molecule has 184 valence electrons. The quantitative estimate of drug-likeness (QED) is 0.229. The molecule has 0 bridgehead atoms. The predicted molar refractivity (Wildman–Crippen MR) is 150 cm³/mol. The van der Waals surface area contributed by atoms with Crippen LogP contribution in [0.3, 0.4) is 0 Å². The van der Waals surface area contributed by atoms with E-state index in [0.717, 1.165) is 27.5 Å². The Morgan fingerprint density at radius 2 is 1.53 bits per heavy atom. The van der Waals surface area contributed by atoms with Gasteiger partial charge in [0.15, 0.2) is 0 Å². The zero-order chi connectivity index (χ0) is 25.9. The Kier molecular flexibility index (Phi) is 6.24. The van der Waals surface area contributed by atoms with Gasteiger partial charge in [-0.15, -0.1) is 0 Å². The molecule has 5 aromatic carbocycles. The number of carbonyl (C=O) groups is 1. The summed E-state index contributed by atoms with van der Waals surface area (Å²) in [5, 5.41) is 8.14. The van der Waals surface area contributed by atoms with Crippen LogP contribution < -0.4 is 9.75 Å². The summed E-state index contributed by atoms with van der Waals surface area (Å²) in [6.45, 7) is 0.190. The van der Waals surface area contributed by atoms with Crippen LogP contribution in [0.1, 0.15) is 16.7 Å². The molecular formula is C33H23FN2O2. The topological polar surface area (TPSA) is 41.9 Å². The number of rotatable bonds is 6. The molecule has 5 aromatic rings. The molecule has 0 N–H and O–H groups in total. The van der Waals surface area contributed by atoms with Gasteiger partial charge >= 0.3 is 0 Å². The highest BCUT2D eigenvalue weighted by atomic mass is 19.1. The zero-order valence-electron chi connectivity index (χ0n) is 20.4. The van der Waals surface area contributed by atoms with E-state index in [1.807, 2.05) is 109 Å². The monoisotopic (exact) mass is 498 g/mol. The van der Waals surface area contributed by atoms with Crippen molar-refractivity contribution in [3.05, 3.63) is 149 Å². The van der Waals surface area contributed by atoms with Crippen LogP contribution in [0.4, 0.5) is 10.1 Å². The summed E-state index contributed by atoms with van der Waals surface area (Å²) >= 11 is 0. The van der Waals surface area contributed by atoms with Crippen LogP contribution in [0.15, 0.2) is 132 Å². The van der Waals surface area contributed by atoms with E-state index in [1.165, 1.54) is 17.1 Å². The lowest BCUT2D eigenvalue weighted by Crippen LogP contribution is -2.21. The van der Waals surface area contributed by atoms with Gasteiger partial charge in [0.1, 0.15) is 23.9 Å². The first-order valence-corrected chi connectivity index (χ1v) is 12.3. The Balaban J connectivity index is 1.48. The Morgan fingerprint density at radius 3 is 2.32 bits per heavy atom. The molecule has 1 aliphatic heterocycles. The van der Waals surface area contributed by atoms with Gasteiger partial charge in [0.05, 0.1) is 11.3 Å². The van der Waals surface area contributed by atoms with Gasteiger partial charge in [-0.2, -0.15) is 10.1 Å². The van der Waals surface area contributed by atoms with Gasteiger partial charge in [-0.1, -0.05) is 91.0 Å². The maximum Gasteiger partial charge on any atom is 0.281 e. The number of amides is 1. The standard InChI is InChI=1S/C33H23FN2O2/c34-26-14-9-10-23(20-26)22-38-31-19-18-24-11-7-8-17-28(24)29(31)21-30-32(25-12-3-1-4-13-25)35-36(33(30)37)27-15-5-2-6-16-27/h1-21H,22H2/b30-21-. The van der Waals surface area contributed by atoms with Crippen molar-refractivity contribution in [3.63, 3.8) is 0 Å². The first-order valence-electron chi connectivity index (χ1n) is 12.3. The Morgan fingerprint density at radius 1 is 0.789 bits per heavy atom. The van der Waals surface area contributed by atoms with Gasteiger partial charge in [0.25, 0.3) is 5.91 Å². The third-order valence-electron chi connectivity index (χ3n) is 6.43. The highest BCUT2D eigenvalue weighted by Gasteiger charge is 2.32. The Labute approximate surface area is 219 Å². The molecule has 5 heteroatoms. The number of hydrogen-bond acceptors (Lipinski definition) is 3. The van der Waals surface area contributed by atoms with E-state index in [2.05, 4.69) is 0 Å². The normalized spacial score (nSPS) is 14.2. The van der Waals surface area contributed by atoms with Gasteiger partial charge < -0.3 is 4.74 Å². The molecule has 0 aromatic heterocycles. The molecule has 0 fully saturated rings. The van der Waals surface area contributed by atoms with E-state index in [-0.39, 0.29) is 18.3 Å². The molecule has 0 spiro atoms. The van der Waals surface area contributed by atoms with Gasteiger partial charge in [0.2, 0.25) is 0 Å². The fourth-order valence-corrected chi connectivity index (χ4v) is 4.58. The van der Waals surface area contributed by atoms with Crippen molar-refractivity contribution in [3.8, 4) is 5.75 Å². The van der Waals surface area contributed by atoms with Crippen molar-refractivity contribution < 1.29 is 13.9 Å². The summed E-state index contributed by atoms with van der Waals surface area (Å²) in [7, 11) is 0. The summed E-state index contributed by atoms with van der Waals surface area (Å²) in [4.78, 5) is 13.8. The molecule has 0 aliphatic carbocycles. The molecule has 1 heterocycles. The number of anilines is 1. The molecular weight excluding hydrogens is 475 g/mol. The van der Waals surface area contributed by atoms with Crippen LogP contribution in [0, 0.1) is 5.82 Å². The van der Waals surface area contributed by atoms with Crippen molar-refractivity contribution in [2.75, 3.05) is 5.01 Å². The molecule has 0 unspecified atom stereocenters. The number of carbonyl (C=O) groups excluding carboxylic acids is 1. The lowest BCUT2D eigenvalue weighted by Gasteiger charge is -2.14. The molecule has 6 rings (SSSR count).